The highest BCUT2D eigenvalue weighted by molar-refractivity contribution is 6.03. The van der Waals surface area contributed by atoms with Gasteiger partial charge < -0.3 is 10.0 Å². The zero-order valence-corrected chi connectivity index (χ0v) is 12.0. The van der Waals surface area contributed by atoms with Gasteiger partial charge in [-0.15, -0.1) is 0 Å². The minimum Gasteiger partial charge on any atom is -0.478 e. The third kappa shape index (κ3) is 3.30. The van der Waals surface area contributed by atoms with Crippen molar-refractivity contribution in [3.63, 3.8) is 0 Å². The van der Waals surface area contributed by atoms with Gasteiger partial charge in [0.2, 0.25) is 0 Å². The van der Waals surface area contributed by atoms with Gasteiger partial charge in [0.05, 0.1) is 5.56 Å². The molecule has 1 N–H and O–H groups in total. The van der Waals surface area contributed by atoms with Gasteiger partial charge in [-0.25, -0.2) is 4.79 Å². The summed E-state index contributed by atoms with van der Waals surface area (Å²) in [7, 11) is 1.67. The molecule has 0 aliphatic rings. The Morgan fingerprint density at radius 1 is 1.37 bits per heavy atom. The van der Waals surface area contributed by atoms with Gasteiger partial charge in [0.25, 0.3) is 5.91 Å². The molecule has 0 aliphatic carbocycles. The first kappa shape index (κ1) is 15.1. The van der Waals surface area contributed by atoms with Crippen molar-refractivity contribution in [2.24, 2.45) is 5.41 Å². The van der Waals surface area contributed by atoms with E-state index in [9.17, 15) is 9.59 Å². The van der Waals surface area contributed by atoms with Crippen molar-refractivity contribution >= 4 is 11.9 Å². The van der Waals surface area contributed by atoms with Crippen LogP contribution in [0.15, 0.2) is 18.3 Å². The van der Waals surface area contributed by atoms with E-state index in [1.165, 1.54) is 23.2 Å². The van der Waals surface area contributed by atoms with E-state index in [0.29, 0.717) is 0 Å². The van der Waals surface area contributed by atoms with Gasteiger partial charge in [-0.3, -0.25) is 9.78 Å². The van der Waals surface area contributed by atoms with Crippen LogP contribution in [0.5, 0.6) is 0 Å². The van der Waals surface area contributed by atoms with Crippen LogP contribution in [0.25, 0.3) is 0 Å². The van der Waals surface area contributed by atoms with Crippen LogP contribution >= 0.6 is 0 Å². The fourth-order valence-corrected chi connectivity index (χ4v) is 1.67. The molecule has 1 aromatic rings. The Bertz CT molecular complexity index is 492. The van der Waals surface area contributed by atoms with Crippen molar-refractivity contribution in [2.45, 2.75) is 33.7 Å². The Hall–Kier alpha value is -1.91. The van der Waals surface area contributed by atoms with Crippen molar-refractivity contribution in [2.75, 3.05) is 7.05 Å². The molecular formula is C14H20N2O3. The molecule has 0 fully saturated rings. The maximum absolute atomic E-state index is 12.4. The van der Waals surface area contributed by atoms with Gasteiger partial charge in [-0.1, -0.05) is 20.8 Å². The molecule has 5 nitrogen and oxygen atoms in total. The molecule has 0 aliphatic heterocycles. The Kier molecular flexibility index (Phi) is 4.29. The molecule has 5 heteroatoms. The van der Waals surface area contributed by atoms with E-state index in [1.807, 2.05) is 27.7 Å². The molecule has 1 atom stereocenters. The second-order valence-electron chi connectivity index (χ2n) is 5.66. The number of pyridine rings is 1. The molecule has 104 valence electrons. The number of hydrogen-bond acceptors (Lipinski definition) is 3. The van der Waals surface area contributed by atoms with Gasteiger partial charge >= 0.3 is 5.97 Å². The van der Waals surface area contributed by atoms with Crippen LogP contribution in [0.4, 0.5) is 0 Å². The number of carboxylic acid groups (broad SMARTS) is 1. The Balaban J connectivity index is 3.11. The van der Waals surface area contributed by atoms with E-state index in [0.717, 1.165) is 0 Å². The molecule has 0 bridgehead atoms. The minimum atomic E-state index is -1.15. The first-order valence-corrected chi connectivity index (χ1v) is 6.11. The van der Waals surface area contributed by atoms with Crippen molar-refractivity contribution in [3.8, 4) is 0 Å². The quantitative estimate of drug-likeness (QED) is 0.909. The number of carboxylic acids is 1. The fourth-order valence-electron chi connectivity index (χ4n) is 1.67. The predicted molar refractivity (Wildman–Crippen MR) is 72.2 cm³/mol. The van der Waals surface area contributed by atoms with Crippen LogP contribution in [0.2, 0.25) is 0 Å². The molecule has 0 radical (unpaired) electrons. The number of amides is 1. The monoisotopic (exact) mass is 264 g/mol. The van der Waals surface area contributed by atoms with E-state index in [4.69, 9.17) is 5.11 Å². The standard InChI is InChI=1S/C14H20N2O3/c1-9(14(2,3)4)16(5)12(17)11-10(13(18)19)7-6-8-15-11/h6-9H,1-5H3,(H,18,19). The highest BCUT2D eigenvalue weighted by atomic mass is 16.4. The fraction of sp³-hybridized carbons (Fsp3) is 0.500. The van der Waals surface area contributed by atoms with E-state index in [2.05, 4.69) is 4.98 Å². The smallest absolute Gasteiger partial charge is 0.338 e. The number of aromatic carboxylic acids is 1. The van der Waals surface area contributed by atoms with Crippen molar-refractivity contribution in [3.05, 3.63) is 29.6 Å². The Morgan fingerprint density at radius 2 is 1.95 bits per heavy atom. The lowest BCUT2D eigenvalue weighted by molar-refractivity contribution is 0.0604. The summed E-state index contributed by atoms with van der Waals surface area (Å²) in [6.45, 7) is 8.01. The molecular weight excluding hydrogens is 244 g/mol. The van der Waals surface area contributed by atoms with Crippen LogP contribution in [0, 0.1) is 5.41 Å². The number of rotatable bonds is 3. The van der Waals surface area contributed by atoms with Crippen LogP contribution in [-0.2, 0) is 0 Å². The predicted octanol–water partition coefficient (Wildman–Crippen LogP) is 2.29. The average molecular weight is 264 g/mol. The maximum atomic E-state index is 12.4. The molecule has 0 saturated heterocycles. The molecule has 1 aromatic heterocycles. The lowest BCUT2D eigenvalue weighted by atomic mass is 9.87. The largest absolute Gasteiger partial charge is 0.478 e. The zero-order chi connectivity index (χ0) is 14.8. The Labute approximate surface area is 113 Å². The second kappa shape index (κ2) is 5.38. The first-order valence-electron chi connectivity index (χ1n) is 6.11. The van der Waals surface area contributed by atoms with E-state index < -0.39 is 5.97 Å². The van der Waals surface area contributed by atoms with Crippen LogP contribution < -0.4 is 0 Å². The molecule has 1 rings (SSSR count). The topological polar surface area (TPSA) is 70.5 Å². The van der Waals surface area contributed by atoms with E-state index in [1.54, 1.807) is 7.05 Å². The summed E-state index contributed by atoms with van der Waals surface area (Å²) in [5.41, 5.74) is -0.183. The van der Waals surface area contributed by atoms with Crippen molar-refractivity contribution in [1.29, 1.82) is 0 Å². The van der Waals surface area contributed by atoms with Crippen molar-refractivity contribution < 1.29 is 14.7 Å². The molecule has 0 saturated carbocycles. The lowest BCUT2D eigenvalue weighted by Crippen LogP contribution is -2.43. The van der Waals surface area contributed by atoms with Crippen molar-refractivity contribution in [1.82, 2.24) is 9.88 Å². The Morgan fingerprint density at radius 3 is 2.42 bits per heavy atom. The molecule has 1 unspecified atom stereocenters. The summed E-state index contributed by atoms with van der Waals surface area (Å²) in [4.78, 5) is 28.9. The number of aromatic nitrogens is 1. The van der Waals surface area contributed by atoms with Gasteiger partial charge in [0, 0.05) is 19.3 Å². The van der Waals surface area contributed by atoms with Crippen LogP contribution in [0.3, 0.4) is 0 Å². The van der Waals surface area contributed by atoms with Gasteiger partial charge in [-0.05, 0) is 24.5 Å². The highest BCUT2D eigenvalue weighted by Crippen LogP contribution is 2.24. The summed E-state index contributed by atoms with van der Waals surface area (Å²) in [6, 6.07) is 2.86. The second-order valence-corrected chi connectivity index (χ2v) is 5.66. The molecule has 0 spiro atoms. The summed E-state index contributed by atoms with van der Waals surface area (Å²) in [6.07, 6.45) is 1.43. The van der Waals surface area contributed by atoms with Gasteiger partial charge in [0.1, 0.15) is 5.69 Å². The van der Waals surface area contributed by atoms with E-state index >= 15 is 0 Å². The van der Waals surface area contributed by atoms with Crippen LogP contribution in [0.1, 0.15) is 48.5 Å². The number of hydrogen-bond donors (Lipinski definition) is 1. The molecule has 19 heavy (non-hydrogen) atoms. The highest BCUT2D eigenvalue weighted by Gasteiger charge is 2.30. The summed E-state index contributed by atoms with van der Waals surface area (Å²) in [5.74, 6) is -1.52. The van der Waals surface area contributed by atoms with E-state index in [-0.39, 0.29) is 28.6 Å². The van der Waals surface area contributed by atoms with Crippen LogP contribution in [-0.4, -0.2) is 40.0 Å². The number of nitrogens with zero attached hydrogens (tertiary/aromatic N) is 2. The summed E-state index contributed by atoms with van der Waals surface area (Å²) in [5, 5.41) is 9.08. The SMILES string of the molecule is CC(N(C)C(=O)c1ncccc1C(=O)O)C(C)(C)C. The average Bonchev–Trinajstić information content (AvgIpc) is 2.34. The molecule has 1 heterocycles. The zero-order valence-electron chi connectivity index (χ0n) is 12.0. The normalized spacial score (nSPS) is 12.9. The third-order valence-corrected chi connectivity index (χ3v) is 3.40. The maximum Gasteiger partial charge on any atom is 0.338 e. The number of carbonyl (C=O) groups is 2. The van der Waals surface area contributed by atoms with Gasteiger partial charge in [0.15, 0.2) is 0 Å². The molecule has 1 amide bonds. The van der Waals surface area contributed by atoms with Gasteiger partial charge in [-0.2, -0.15) is 0 Å². The first-order chi connectivity index (χ1) is 8.66. The third-order valence-electron chi connectivity index (χ3n) is 3.40. The lowest BCUT2D eigenvalue weighted by Gasteiger charge is -2.35. The minimum absolute atomic E-state index is 0.0198. The molecule has 0 aromatic carbocycles. The summed E-state index contributed by atoms with van der Waals surface area (Å²) >= 11 is 0. The number of carbonyl (C=O) groups excluding carboxylic acids is 1. The summed E-state index contributed by atoms with van der Waals surface area (Å²) < 4.78 is 0.